The van der Waals surface area contributed by atoms with Crippen molar-refractivity contribution in [1.29, 1.82) is 0 Å². The van der Waals surface area contributed by atoms with Gasteiger partial charge in [0.05, 0.1) is 0 Å². The Labute approximate surface area is 86.5 Å². The SMILES string of the molecule is FC(F)(Cl)C(F)(F)Sc1ccccn1. The molecule has 1 nitrogen and oxygen atoms in total. The summed E-state index contributed by atoms with van der Waals surface area (Å²) in [5.41, 5.74) is 0. The normalized spacial score (nSPS) is 12.9. The molecule has 0 saturated heterocycles. The molecule has 0 aliphatic heterocycles. The Morgan fingerprint density at radius 2 is 1.86 bits per heavy atom. The first kappa shape index (κ1) is 11.6. The molecule has 1 heterocycles. The molecule has 0 atom stereocenters. The molecule has 0 fully saturated rings. The maximum atomic E-state index is 12.7. The molecule has 0 saturated carbocycles. The first-order valence-corrected chi connectivity index (χ1v) is 4.57. The maximum absolute atomic E-state index is 12.7. The van der Waals surface area contributed by atoms with Crippen LogP contribution in [0.3, 0.4) is 0 Å². The zero-order valence-corrected chi connectivity index (χ0v) is 8.13. The van der Waals surface area contributed by atoms with Gasteiger partial charge in [0.25, 0.3) is 0 Å². The van der Waals surface area contributed by atoms with Crippen LogP contribution in [0, 0.1) is 0 Å². The second kappa shape index (κ2) is 3.94. The first-order chi connectivity index (χ1) is 6.33. The van der Waals surface area contributed by atoms with Gasteiger partial charge in [-0.2, -0.15) is 17.6 Å². The second-order valence-corrected chi connectivity index (χ2v) is 3.89. The molecule has 0 aliphatic carbocycles. The number of hydrogen-bond donors (Lipinski definition) is 0. The Bertz CT molecular complexity index is 300. The molecule has 14 heavy (non-hydrogen) atoms. The van der Waals surface area contributed by atoms with Crippen LogP contribution >= 0.6 is 23.4 Å². The summed E-state index contributed by atoms with van der Waals surface area (Å²) in [5.74, 6) is 0. The molecule has 1 aromatic heterocycles. The Morgan fingerprint density at radius 3 is 2.29 bits per heavy atom. The van der Waals surface area contributed by atoms with Crippen LogP contribution in [0.15, 0.2) is 29.4 Å². The number of alkyl halides is 5. The zero-order chi connectivity index (χ0) is 10.8. The van der Waals surface area contributed by atoms with Crippen LogP contribution in [0.1, 0.15) is 0 Å². The van der Waals surface area contributed by atoms with E-state index < -0.39 is 10.6 Å². The highest BCUT2D eigenvalue weighted by molar-refractivity contribution is 8.00. The number of hydrogen-bond acceptors (Lipinski definition) is 2. The van der Waals surface area contributed by atoms with Crippen molar-refractivity contribution in [2.75, 3.05) is 0 Å². The molecule has 1 aromatic rings. The summed E-state index contributed by atoms with van der Waals surface area (Å²) in [6.45, 7) is 0. The lowest BCUT2D eigenvalue weighted by atomic mass is 10.5. The van der Waals surface area contributed by atoms with Crippen LogP contribution in [-0.4, -0.2) is 15.6 Å². The number of nitrogens with zero attached hydrogens (tertiary/aromatic N) is 1. The lowest BCUT2D eigenvalue weighted by Crippen LogP contribution is -2.31. The van der Waals surface area contributed by atoms with E-state index in [-0.39, 0.29) is 16.8 Å². The topological polar surface area (TPSA) is 12.9 Å². The van der Waals surface area contributed by atoms with Gasteiger partial charge in [0.1, 0.15) is 5.03 Å². The van der Waals surface area contributed by atoms with Gasteiger partial charge in [0, 0.05) is 6.20 Å². The van der Waals surface area contributed by atoms with Crippen LogP contribution in [0.2, 0.25) is 0 Å². The standard InChI is InChI=1S/C7H4ClF4NS/c8-6(9,10)7(11,12)14-5-3-1-2-4-13-5/h1-4H. The third kappa shape index (κ3) is 2.75. The van der Waals surface area contributed by atoms with E-state index in [2.05, 4.69) is 16.6 Å². The largest absolute Gasteiger partial charge is 0.394 e. The summed E-state index contributed by atoms with van der Waals surface area (Å²) >= 11 is 3.87. The minimum absolute atomic E-state index is 0.210. The summed E-state index contributed by atoms with van der Waals surface area (Å²) < 4.78 is 49.6. The molecular formula is C7H4ClF4NS. The van der Waals surface area contributed by atoms with Crippen molar-refractivity contribution in [1.82, 2.24) is 4.98 Å². The smallest absolute Gasteiger partial charge is 0.250 e. The average molecular weight is 246 g/mol. The van der Waals surface area contributed by atoms with Crippen molar-refractivity contribution in [2.24, 2.45) is 0 Å². The molecule has 78 valence electrons. The highest BCUT2D eigenvalue weighted by atomic mass is 35.5. The number of aromatic nitrogens is 1. The Kier molecular flexibility index (Phi) is 3.26. The van der Waals surface area contributed by atoms with Crippen LogP contribution in [-0.2, 0) is 0 Å². The predicted octanol–water partition coefficient (Wildman–Crippen LogP) is 3.60. The summed E-state index contributed by atoms with van der Waals surface area (Å²) in [6.07, 6.45) is 1.23. The van der Waals surface area contributed by atoms with E-state index in [1.165, 1.54) is 24.4 Å². The van der Waals surface area contributed by atoms with Crippen LogP contribution in [0.4, 0.5) is 17.6 Å². The monoisotopic (exact) mass is 245 g/mol. The first-order valence-electron chi connectivity index (χ1n) is 3.37. The Morgan fingerprint density at radius 1 is 1.21 bits per heavy atom. The van der Waals surface area contributed by atoms with Gasteiger partial charge >= 0.3 is 10.6 Å². The number of thioether (sulfide) groups is 1. The van der Waals surface area contributed by atoms with E-state index in [1.54, 1.807) is 0 Å². The minimum atomic E-state index is -4.59. The highest BCUT2D eigenvalue weighted by Crippen LogP contribution is 2.48. The van der Waals surface area contributed by atoms with Crippen molar-refractivity contribution in [3.8, 4) is 0 Å². The van der Waals surface area contributed by atoms with Crippen molar-refractivity contribution >= 4 is 23.4 Å². The summed E-state index contributed by atoms with van der Waals surface area (Å²) in [4.78, 5) is 3.47. The van der Waals surface area contributed by atoms with Crippen molar-refractivity contribution in [3.63, 3.8) is 0 Å². The zero-order valence-electron chi connectivity index (χ0n) is 6.55. The van der Waals surface area contributed by atoms with E-state index in [4.69, 9.17) is 0 Å². The predicted molar refractivity (Wildman–Crippen MR) is 45.8 cm³/mol. The van der Waals surface area contributed by atoms with Gasteiger partial charge in [-0.3, -0.25) is 0 Å². The van der Waals surface area contributed by atoms with Gasteiger partial charge < -0.3 is 0 Å². The average Bonchev–Trinajstić information content (AvgIpc) is 2.03. The summed E-state index contributed by atoms with van der Waals surface area (Å²) in [6, 6.07) is 4.10. The van der Waals surface area contributed by atoms with Gasteiger partial charge in [0.2, 0.25) is 0 Å². The van der Waals surface area contributed by atoms with E-state index in [0.717, 1.165) is 0 Å². The molecule has 7 heteroatoms. The van der Waals surface area contributed by atoms with Gasteiger partial charge in [-0.15, -0.1) is 0 Å². The molecule has 0 aliphatic rings. The Hall–Kier alpha value is -0.490. The minimum Gasteiger partial charge on any atom is -0.250 e. The molecule has 0 bridgehead atoms. The lowest BCUT2D eigenvalue weighted by molar-refractivity contribution is -0.0898. The molecule has 0 aromatic carbocycles. The maximum Gasteiger partial charge on any atom is 0.394 e. The fraction of sp³-hybridized carbons (Fsp3) is 0.286. The van der Waals surface area contributed by atoms with Crippen molar-refractivity contribution in [2.45, 2.75) is 15.7 Å². The second-order valence-electron chi connectivity index (χ2n) is 2.28. The molecule has 1 rings (SSSR count). The van der Waals surface area contributed by atoms with Gasteiger partial charge in [0.15, 0.2) is 0 Å². The van der Waals surface area contributed by atoms with E-state index >= 15 is 0 Å². The number of rotatable bonds is 3. The van der Waals surface area contributed by atoms with Gasteiger partial charge in [-0.05, 0) is 35.5 Å². The highest BCUT2D eigenvalue weighted by Gasteiger charge is 2.56. The van der Waals surface area contributed by atoms with E-state index in [9.17, 15) is 17.6 Å². The molecular weight excluding hydrogens is 242 g/mol. The molecule has 0 N–H and O–H groups in total. The molecule has 0 radical (unpaired) electrons. The van der Waals surface area contributed by atoms with Crippen LogP contribution < -0.4 is 0 Å². The molecule has 0 amide bonds. The number of pyridine rings is 1. The van der Waals surface area contributed by atoms with Gasteiger partial charge in [-0.1, -0.05) is 6.07 Å². The quantitative estimate of drug-likeness (QED) is 0.458. The fourth-order valence-electron chi connectivity index (χ4n) is 0.597. The number of halogens is 5. The van der Waals surface area contributed by atoms with Gasteiger partial charge in [-0.25, -0.2) is 4.98 Å². The van der Waals surface area contributed by atoms with E-state index in [1.807, 2.05) is 0 Å². The van der Waals surface area contributed by atoms with Crippen LogP contribution in [0.25, 0.3) is 0 Å². The molecule has 0 unspecified atom stereocenters. The fourth-order valence-corrected chi connectivity index (χ4v) is 1.35. The van der Waals surface area contributed by atoms with Crippen LogP contribution in [0.5, 0.6) is 0 Å². The summed E-state index contributed by atoms with van der Waals surface area (Å²) in [7, 11) is 0. The van der Waals surface area contributed by atoms with E-state index in [0.29, 0.717) is 0 Å². The molecule has 0 spiro atoms. The summed E-state index contributed by atoms with van der Waals surface area (Å²) in [5, 5.41) is -9.17. The Balaban J connectivity index is 2.79. The third-order valence-corrected chi connectivity index (χ3v) is 2.51. The third-order valence-electron chi connectivity index (χ3n) is 1.20. The van der Waals surface area contributed by atoms with Crippen molar-refractivity contribution in [3.05, 3.63) is 24.4 Å². The lowest BCUT2D eigenvalue weighted by Gasteiger charge is -2.19. The van der Waals surface area contributed by atoms with Crippen molar-refractivity contribution < 1.29 is 17.6 Å².